The highest BCUT2D eigenvalue weighted by atomic mass is 15.5. The fraction of sp³-hybridized carbons (Fsp3) is 0.273. The Balaban J connectivity index is 0.000000475. The molecule has 3 heteroatoms. The first-order valence-electron chi connectivity index (χ1n) is 9.21. The van der Waals surface area contributed by atoms with Crippen molar-refractivity contribution in [1.29, 1.82) is 0 Å². The monoisotopic (exact) mass is 335 g/mol. The van der Waals surface area contributed by atoms with Gasteiger partial charge in [-0.1, -0.05) is 84.0 Å². The summed E-state index contributed by atoms with van der Waals surface area (Å²) in [5, 5.41) is 11.4. The maximum atomic E-state index is 4.50. The molecule has 3 nitrogen and oxygen atoms in total. The van der Waals surface area contributed by atoms with Crippen LogP contribution in [0.5, 0.6) is 0 Å². The standard InChI is InChI=1S/C16H11N3.3C2H6/c1-2-6-13-11-14(10-9-12(13)5-1)19-17-15-7-3-4-8-16(15)18-19;3*1-2/h1-11H;3*1-2H3. The largest absolute Gasteiger partial charge is 0.150 e. The summed E-state index contributed by atoms with van der Waals surface area (Å²) in [5.74, 6) is 0. The van der Waals surface area contributed by atoms with Crippen molar-refractivity contribution in [2.24, 2.45) is 0 Å². The third-order valence-electron chi connectivity index (χ3n) is 3.25. The Kier molecular flexibility index (Phi) is 8.94. The van der Waals surface area contributed by atoms with Gasteiger partial charge in [0.05, 0.1) is 5.69 Å². The maximum Gasteiger partial charge on any atom is 0.113 e. The van der Waals surface area contributed by atoms with E-state index in [0.717, 1.165) is 16.7 Å². The molecular formula is C22H29N3. The van der Waals surface area contributed by atoms with Crippen molar-refractivity contribution < 1.29 is 0 Å². The van der Waals surface area contributed by atoms with Crippen LogP contribution in [0.25, 0.3) is 27.5 Å². The molecule has 0 fully saturated rings. The molecule has 0 bridgehead atoms. The molecule has 0 saturated heterocycles. The lowest BCUT2D eigenvalue weighted by Gasteiger charge is -2.01. The van der Waals surface area contributed by atoms with Gasteiger partial charge in [0, 0.05) is 0 Å². The summed E-state index contributed by atoms with van der Waals surface area (Å²) in [6, 6.07) is 22.4. The molecule has 0 aliphatic heterocycles. The molecule has 132 valence electrons. The fourth-order valence-electron chi connectivity index (χ4n) is 2.28. The number of hydrogen-bond donors (Lipinski definition) is 0. The van der Waals surface area contributed by atoms with Gasteiger partial charge in [-0.2, -0.15) is 4.80 Å². The van der Waals surface area contributed by atoms with Crippen molar-refractivity contribution in [3.8, 4) is 5.69 Å². The summed E-state index contributed by atoms with van der Waals surface area (Å²) < 4.78 is 0. The lowest BCUT2D eigenvalue weighted by atomic mass is 10.1. The normalized spacial score (nSPS) is 9.20. The smallest absolute Gasteiger partial charge is 0.113 e. The van der Waals surface area contributed by atoms with E-state index >= 15 is 0 Å². The van der Waals surface area contributed by atoms with Crippen molar-refractivity contribution in [2.45, 2.75) is 41.5 Å². The van der Waals surface area contributed by atoms with Crippen molar-refractivity contribution in [1.82, 2.24) is 15.0 Å². The van der Waals surface area contributed by atoms with Crippen molar-refractivity contribution in [3.05, 3.63) is 66.7 Å². The van der Waals surface area contributed by atoms with Gasteiger partial charge in [0.2, 0.25) is 0 Å². The van der Waals surface area contributed by atoms with Crippen LogP contribution >= 0.6 is 0 Å². The first-order chi connectivity index (χ1) is 12.4. The van der Waals surface area contributed by atoms with Crippen LogP contribution in [-0.2, 0) is 0 Å². The zero-order chi connectivity index (χ0) is 18.7. The molecule has 0 aliphatic carbocycles. The quantitative estimate of drug-likeness (QED) is 0.390. The Morgan fingerprint density at radius 3 is 1.60 bits per heavy atom. The maximum absolute atomic E-state index is 4.50. The highest BCUT2D eigenvalue weighted by molar-refractivity contribution is 5.84. The number of fused-ring (bicyclic) bond motifs is 2. The Morgan fingerprint density at radius 2 is 1.04 bits per heavy atom. The second kappa shape index (κ2) is 11.0. The second-order valence-corrected chi connectivity index (χ2v) is 4.51. The number of rotatable bonds is 1. The molecule has 25 heavy (non-hydrogen) atoms. The molecule has 0 amide bonds. The molecule has 0 unspecified atom stereocenters. The lowest BCUT2D eigenvalue weighted by molar-refractivity contribution is 0.767. The molecule has 0 spiro atoms. The predicted octanol–water partition coefficient (Wildman–Crippen LogP) is 6.65. The average Bonchev–Trinajstić information content (AvgIpc) is 3.16. The molecule has 1 aromatic heterocycles. The van der Waals surface area contributed by atoms with Crippen LogP contribution in [0.4, 0.5) is 0 Å². The van der Waals surface area contributed by atoms with Gasteiger partial charge in [-0.15, -0.1) is 10.2 Å². The highest BCUT2D eigenvalue weighted by Crippen LogP contribution is 2.18. The van der Waals surface area contributed by atoms with Gasteiger partial charge in [-0.25, -0.2) is 0 Å². The van der Waals surface area contributed by atoms with E-state index in [0.29, 0.717) is 0 Å². The van der Waals surface area contributed by atoms with E-state index in [9.17, 15) is 0 Å². The summed E-state index contributed by atoms with van der Waals surface area (Å²) in [6.07, 6.45) is 0. The lowest BCUT2D eigenvalue weighted by Crippen LogP contribution is -1.97. The van der Waals surface area contributed by atoms with Gasteiger partial charge in [0.25, 0.3) is 0 Å². The van der Waals surface area contributed by atoms with Gasteiger partial charge >= 0.3 is 0 Å². The van der Waals surface area contributed by atoms with Crippen molar-refractivity contribution >= 4 is 21.8 Å². The van der Waals surface area contributed by atoms with E-state index in [1.807, 2.05) is 84.0 Å². The van der Waals surface area contributed by atoms with E-state index in [1.54, 1.807) is 4.80 Å². The first kappa shape index (κ1) is 20.4. The van der Waals surface area contributed by atoms with E-state index in [2.05, 4.69) is 34.5 Å². The SMILES string of the molecule is CC.CC.CC.c1ccc2cc(-n3nc4ccccc4n3)ccc2c1. The molecule has 0 N–H and O–H groups in total. The van der Waals surface area contributed by atoms with Crippen LogP contribution in [0.15, 0.2) is 66.7 Å². The molecule has 0 radical (unpaired) electrons. The highest BCUT2D eigenvalue weighted by Gasteiger charge is 2.04. The Bertz CT molecular complexity index is 845. The molecule has 0 saturated carbocycles. The molecule has 1 heterocycles. The summed E-state index contributed by atoms with van der Waals surface area (Å²) in [5.41, 5.74) is 2.81. The minimum absolute atomic E-state index is 0.913. The van der Waals surface area contributed by atoms with Gasteiger partial charge in [0.15, 0.2) is 0 Å². The van der Waals surface area contributed by atoms with Crippen molar-refractivity contribution in [2.75, 3.05) is 0 Å². The van der Waals surface area contributed by atoms with Crippen LogP contribution < -0.4 is 0 Å². The van der Waals surface area contributed by atoms with Gasteiger partial charge in [-0.05, 0) is 35.0 Å². The van der Waals surface area contributed by atoms with Crippen molar-refractivity contribution in [3.63, 3.8) is 0 Å². The predicted molar refractivity (Wildman–Crippen MR) is 110 cm³/mol. The Hall–Kier alpha value is -2.68. The summed E-state index contributed by atoms with van der Waals surface area (Å²) in [7, 11) is 0. The van der Waals surface area contributed by atoms with Gasteiger partial charge in [-0.3, -0.25) is 0 Å². The minimum Gasteiger partial charge on any atom is -0.150 e. The van der Waals surface area contributed by atoms with Crippen LogP contribution in [0, 0.1) is 0 Å². The number of benzene rings is 3. The summed E-state index contributed by atoms with van der Waals surface area (Å²) >= 11 is 0. The molecule has 3 aromatic carbocycles. The average molecular weight is 335 g/mol. The Labute approximate surface area is 151 Å². The topological polar surface area (TPSA) is 30.7 Å². The zero-order valence-corrected chi connectivity index (χ0v) is 16.2. The van der Waals surface area contributed by atoms with E-state index < -0.39 is 0 Å². The van der Waals surface area contributed by atoms with Crippen LogP contribution in [0.1, 0.15) is 41.5 Å². The molecule has 0 aliphatic rings. The molecule has 4 aromatic rings. The van der Waals surface area contributed by atoms with Crippen LogP contribution in [0.2, 0.25) is 0 Å². The summed E-state index contributed by atoms with van der Waals surface area (Å²) in [6.45, 7) is 12.0. The van der Waals surface area contributed by atoms with E-state index in [4.69, 9.17) is 0 Å². The van der Waals surface area contributed by atoms with Crippen LogP contribution in [0.3, 0.4) is 0 Å². The van der Waals surface area contributed by atoms with E-state index in [-0.39, 0.29) is 0 Å². The second-order valence-electron chi connectivity index (χ2n) is 4.51. The minimum atomic E-state index is 0.913. The van der Waals surface area contributed by atoms with Crippen LogP contribution in [-0.4, -0.2) is 15.0 Å². The van der Waals surface area contributed by atoms with E-state index in [1.165, 1.54) is 10.8 Å². The number of aromatic nitrogens is 3. The van der Waals surface area contributed by atoms with Gasteiger partial charge in [0.1, 0.15) is 11.0 Å². The summed E-state index contributed by atoms with van der Waals surface area (Å²) in [4.78, 5) is 1.69. The molecule has 0 atom stereocenters. The fourth-order valence-corrected chi connectivity index (χ4v) is 2.28. The zero-order valence-electron chi connectivity index (χ0n) is 16.2. The first-order valence-corrected chi connectivity index (χ1v) is 9.21. The molecule has 4 rings (SSSR count). The molecular weight excluding hydrogens is 306 g/mol. The number of hydrogen-bond acceptors (Lipinski definition) is 2. The number of nitrogens with zero attached hydrogens (tertiary/aromatic N) is 3. The third-order valence-corrected chi connectivity index (χ3v) is 3.25. The Morgan fingerprint density at radius 1 is 0.560 bits per heavy atom. The third kappa shape index (κ3) is 4.90. The van der Waals surface area contributed by atoms with Gasteiger partial charge < -0.3 is 0 Å².